The number of anilines is 2. The summed E-state index contributed by atoms with van der Waals surface area (Å²) in [5, 5.41) is 4.46. The molecule has 3 aromatic rings. The van der Waals surface area contributed by atoms with Gasteiger partial charge in [-0.05, 0) is 42.8 Å². The second-order valence-electron chi connectivity index (χ2n) is 6.33. The van der Waals surface area contributed by atoms with Crippen molar-refractivity contribution in [3.63, 3.8) is 0 Å². The first kappa shape index (κ1) is 21.1. The molecule has 0 aliphatic rings. The van der Waals surface area contributed by atoms with Gasteiger partial charge < -0.3 is 10.1 Å². The molecule has 0 amide bonds. The summed E-state index contributed by atoms with van der Waals surface area (Å²) in [7, 11) is -2.23. The van der Waals surface area contributed by atoms with Crippen molar-refractivity contribution in [2.45, 2.75) is 31.1 Å². The topological polar surface area (TPSA) is 93.2 Å². The van der Waals surface area contributed by atoms with E-state index in [0.29, 0.717) is 22.3 Å². The number of hydrogen-bond donors (Lipinski definition) is 2. The molecule has 0 saturated heterocycles. The third-order valence-electron chi connectivity index (χ3n) is 4.19. The van der Waals surface area contributed by atoms with E-state index >= 15 is 0 Å². The summed E-state index contributed by atoms with van der Waals surface area (Å²) in [5.41, 5.74) is 1.33. The van der Waals surface area contributed by atoms with E-state index in [2.05, 4.69) is 26.9 Å². The van der Waals surface area contributed by atoms with E-state index in [1.165, 1.54) is 30.6 Å². The summed E-state index contributed by atoms with van der Waals surface area (Å²) < 4.78 is 33.1. The Morgan fingerprint density at radius 1 is 1.10 bits per heavy atom. The maximum absolute atomic E-state index is 12.7. The van der Waals surface area contributed by atoms with Crippen molar-refractivity contribution in [2.75, 3.05) is 23.7 Å². The number of thiazole rings is 1. The molecular weight excluding hydrogens is 408 g/mol. The molecule has 0 saturated carbocycles. The van der Waals surface area contributed by atoms with Gasteiger partial charge in [0.15, 0.2) is 5.13 Å². The molecule has 0 aliphatic carbocycles. The van der Waals surface area contributed by atoms with Gasteiger partial charge in [0.05, 0.1) is 17.7 Å². The lowest BCUT2D eigenvalue weighted by atomic mass is 10.2. The first-order chi connectivity index (χ1) is 14.0. The molecule has 0 spiro atoms. The number of benzene rings is 1. The van der Waals surface area contributed by atoms with E-state index in [9.17, 15) is 8.42 Å². The van der Waals surface area contributed by atoms with Gasteiger partial charge in [-0.15, -0.1) is 0 Å². The lowest BCUT2D eigenvalue weighted by molar-refractivity contribution is 0.414. The van der Waals surface area contributed by atoms with Crippen molar-refractivity contribution in [3.8, 4) is 17.1 Å². The molecule has 2 N–H and O–H groups in total. The van der Waals surface area contributed by atoms with E-state index in [4.69, 9.17) is 4.74 Å². The van der Waals surface area contributed by atoms with Crippen molar-refractivity contribution in [3.05, 3.63) is 48.7 Å². The van der Waals surface area contributed by atoms with Crippen LogP contribution < -0.4 is 14.8 Å². The third kappa shape index (κ3) is 5.45. The fraction of sp³-hybridized carbons (Fsp3) is 0.300. The van der Waals surface area contributed by atoms with Gasteiger partial charge in [-0.25, -0.2) is 13.4 Å². The molecule has 1 aromatic carbocycles. The Morgan fingerprint density at radius 3 is 2.55 bits per heavy atom. The van der Waals surface area contributed by atoms with Crippen molar-refractivity contribution in [1.29, 1.82) is 0 Å². The molecule has 0 aliphatic heterocycles. The summed E-state index contributed by atoms with van der Waals surface area (Å²) in [5.74, 6) is 0.592. The van der Waals surface area contributed by atoms with Crippen molar-refractivity contribution in [1.82, 2.24) is 9.97 Å². The highest BCUT2D eigenvalue weighted by Gasteiger charge is 2.20. The fourth-order valence-corrected chi connectivity index (χ4v) is 4.80. The van der Waals surface area contributed by atoms with Crippen LogP contribution in [-0.2, 0) is 10.0 Å². The number of methoxy groups -OCH3 is 1. The van der Waals surface area contributed by atoms with Gasteiger partial charge in [0, 0.05) is 12.7 Å². The van der Waals surface area contributed by atoms with Crippen LogP contribution in [0.15, 0.2) is 53.6 Å². The maximum atomic E-state index is 12.7. The summed E-state index contributed by atoms with van der Waals surface area (Å²) >= 11 is 1.26. The number of hydrogen-bond acceptors (Lipinski definition) is 7. The van der Waals surface area contributed by atoms with Gasteiger partial charge in [-0.1, -0.05) is 37.2 Å². The van der Waals surface area contributed by atoms with Crippen LogP contribution in [0.1, 0.15) is 26.2 Å². The third-order valence-corrected chi connectivity index (χ3v) is 6.60. The Bertz CT molecular complexity index is 1020. The van der Waals surface area contributed by atoms with Crippen LogP contribution in [0.25, 0.3) is 11.4 Å². The normalized spacial score (nSPS) is 11.2. The number of sulfonamides is 1. The minimum absolute atomic E-state index is 0.144. The van der Waals surface area contributed by atoms with Gasteiger partial charge >= 0.3 is 0 Å². The number of ether oxygens (including phenoxy) is 1. The van der Waals surface area contributed by atoms with E-state index in [1.807, 2.05) is 18.2 Å². The van der Waals surface area contributed by atoms with E-state index in [0.717, 1.165) is 30.8 Å². The monoisotopic (exact) mass is 432 g/mol. The largest absolute Gasteiger partial charge is 0.497 e. The van der Waals surface area contributed by atoms with Gasteiger partial charge in [0.1, 0.15) is 16.4 Å². The van der Waals surface area contributed by atoms with Crippen molar-refractivity contribution < 1.29 is 13.2 Å². The Kier molecular flexibility index (Phi) is 7.05. The highest BCUT2D eigenvalue weighted by Crippen LogP contribution is 2.36. The van der Waals surface area contributed by atoms with Crippen molar-refractivity contribution >= 4 is 31.5 Å². The summed E-state index contributed by atoms with van der Waals surface area (Å²) in [6.45, 7) is 2.94. The zero-order valence-electron chi connectivity index (χ0n) is 16.4. The Hall–Kier alpha value is -2.65. The molecule has 0 bridgehead atoms. The number of pyridine rings is 1. The first-order valence-corrected chi connectivity index (χ1v) is 11.7. The molecule has 29 heavy (non-hydrogen) atoms. The van der Waals surface area contributed by atoms with Crippen LogP contribution in [0.2, 0.25) is 0 Å². The molecule has 0 fully saturated rings. The summed E-state index contributed by atoms with van der Waals surface area (Å²) in [6.07, 6.45) is 4.98. The van der Waals surface area contributed by atoms with E-state index in [-0.39, 0.29) is 4.90 Å². The number of aromatic nitrogens is 2. The average molecular weight is 433 g/mol. The number of rotatable bonds is 10. The highest BCUT2D eigenvalue weighted by atomic mass is 32.2. The van der Waals surface area contributed by atoms with Crippen LogP contribution in [0.5, 0.6) is 5.75 Å². The second kappa shape index (κ2) is 9.71. The number of unbranched alkanes of at least 4 members (excludes halogenated alkanes) is 2. The average Bonchev–Trinajstić information content (AvgIpc) is 3.13. The first-order valence-electron chi connectivity index (χ1n) is 9.36. The molecule has 9 heteroatoms. The Morgan fingerprint density at radius 2 is 1.90 bits per heavy atom. The summed E-state index contributed by atoms with van der Waals surface area (Å²) in [4.78, 5) is 9.00. The zero-order valence-corrected chi connectivity index (χ0v) is 18.0. The maximum Gasteiger partial charge on any atom is 0.263 e. The quantitative estimate of drug-likeness (QED) is 0.454. The van der Waals surface area contributed by atoms with Crippen LogP contribution in [-0.4, -0.2) is 32.0 Å². The molecule has 154 valence electrons. The molecule has 0 atom stereocenters. The lowest BCUT2D eigenvalue weighted by Gasteiger charge is -2.06. The van der Waals surface area contributed by atoms with Gasteiger partial charge in [0.25, 0.3) is 10.0 Å². The van der Waals surface area contributed by atoms with E-state index < -0.39 is 10.0 Å². The number of nitrogens with zero attached hydrogens (tertiary/aromatic N) is 2. The molecule has 2 aromatic heterocycles. The molecule has 0 unspecified atom stereocenters. The Labute approximate surface area is 175 Å². The predicted octanol–water partition coefficient (Wildman–Crippen LogP) is 4.62. The highest BCUT2D eigenvalue weighted by molar-refractivity contribution is 7.93. The van der Waals surface area contributed by atoms with Crippen LogP contribution in [0.3, 0.4) is 0 Å². The standard InChI is InChI=1S/C20H24N4O3S2/c1-3-4-6-14-22-19-18(17-8-5-7-13-21-17)23-20(28-19)24-29(25,26)16-11-9-15(27-2)10-12-16/h5,7-13,22H,3-4,6,14H2,1-2H3,(H,23,24). The predicted molar refractivity (Wildman–Crippen MR) is 117 cm³/mol. The van der Waals surface area contributed by atoms with Crippen LogP contribution in [0.4, 0.5) is 10.1 Å². The SMILES string of the molecule is CCCCCNc1sc(NS(=O)(=O)c2ccc(OC)cc2)nc1-c1ccccn1. The van der Waals surface area contributed by atoms with Gasteiger partial charge in [-0.3, -0.25) is 9.71 Å². The molecular formula is C20H24N4O3S2. The van der Waals surface area contributed by atoms with Gasteiger partial charge in [0.2, 0.25) is 0 Å². The molecule has 3 rings (SSSR count). The van der Waals surface area contributed by atoms with Crippen LogP contribution >= 0.6 is 11.3 Å². The molecule has 7 nitrogen and oxygen atoms in total. The minimum atomic E-state index is -3.76. The van der Waals surface area contributed by atoms with Crippen molar-refractivity contribution in [2.24, 2.45) is 0 Å². The smallest absolute Gasteiger partial charge is 0.263 e. The number of nitrogens with one attached hydrogen (secondary N) is 2. The molecule has 2 heterocycles. The zero-order chi connectivity index (χ0) is 20.7. The fourth-order valence-electron chi connectivity index (χ4n) is 2.67. The van der Waals surface area contributed by atoms with Gasteiger partial charge in [-0.2, -0.15) is 0 Å². The van der Waals surface area contributed by atoms with Crippen LogP contribution in [0, 0.1) is 0 Å². The lowest BCUT2D eigenvalue weighted by Crippen LogP contribution is -2.12. The Balaban J connectivity index is 1.85. The second-order valence-corrected chi connectivity index (χ2v) is 9.01. The van der Waals surface area contributed by atoms with E-state index in [1.54, 1.807) is 18.3 Å². The summed E-state index contributed by atoms with van der Waals surface area (Å²) in [6, 6.07) is 11.8. The minimum Gasteiger partial charge on any atom is -0.497 e. The molecule has 0 radical (unpaired) electrons.